The predicted octanol–water partition coefficient (Wildman–Crippen LogP) is 3.42. The van der Waals surface area contributed by atoms with E-state index < -0.39 is 4.92 Å². The molecular formula is C15H19ClN2O4. The van der Waals surface area contributed by atoms with Crippen LogP contribution in [0, 0.1) is 10.1 Å². The van der Waals surface area contributed by atoms with Crippen molar-refractivity contribution in [2.45, 2.75) is 32.1 Å². The molecule has 0 N–H and O–H groups in total. The summed E-state index contributed by atoms with van der Waals surface area (Å²) in [4.78, 5) is 24.4. The highest BCUT2D eigenvalue weighted by atomic mass is 35.5. The number of nitro groups is 1. The first-order valence-corrected chi connectivity index (χ1v) is 7.80. The van der Waals surface area contributed by atoms with Crippen molar-refractivity contribution in [2.75, 3.05) is 19.7 Å². The molecule has 2 rings (SSSR count). The normalized spacial score (nSPS) is 15.8. The number of nitrogens with zero attached hydrogens (tertiary/aromatic N) is 2. The van der Waals surface area contributed by atoms with Gasteiger partial charge in [-0.1, -0.05) is 30.9 Å². The molecule has 0 spiro atoms. The molecule has 120 valence electrons. The Kier molecular flexibility index (Phi) is 6.00. The largest absolute Gasteiger partial charge is 0.477 e. The average molecular weight is 327 g/mol. The molecule has 1 amide bonds. The van der Waals surface area contributed by atoms with Gasteiger partial charge in [0.25, 0.3) is 5.91 Å². The topological polar surface area (TPSA) is 72.7 Å². The molecule has 7 heteroatoms. The Morgan fingerprint density at radius 1 is 1.23 bits per heavy atom. The Hall–Kier alpha value is -1.82. The Morgan fingerprint density at radius 2 is 1.86 bits per heavy atom. The second-order valence-corrected chi connectivity index (χ2v) is 5.74. The van der Waals surface area contributed by atoms with Crippen LogP contribution in [0.2, 0.25) is 5.02 Å². The number of hydrogen-bond acceptors (Lipinski definition) is 4. The maximum absolute atomic E-state index is 12.2. The van der Waals surface area contributed by atoms with Crippen LogP contribution in [0.5, 0.6) is 5.75 Å². The molecule has 1 heterocycles. The number of carbonyl (C=O) groups excluding carboxylic acids is 1. The van der Waals surface area contributed by atoms with Gasteiger partial charge in [0.1, 0.15) is 0 Å². The quantitative estimate of drug-likeness (QED) is 0.627. The molecule has 6 nitrogen and oxygen atoms in total. The highest BCUT2D eigenvalue weighted by molar-refractivity contribution is 6.30. The Labute approximate surface area is 134 Å². The monoisotopic (exact) mass is 326 g/mol. The van der Waals surface area contributed by atoms with Crippen molar-refractivity contribution in [1.29, 1.82) is 0 Å². The second-order valence-electron chi connectivity index (χ2n) is 5.31. The van der Waals surface area contributed by atoms with Crippen molar-refractivity contribution in [1.82, 2.24) is 4.90 Å². The van der Waals surface area contributed by atoms with Gasteiger partial charge in [-0.15, -0.1) is 0 Å². The lowest BCUT2D eigenvalue weighted by molar-refractivity contribution is -0.385. The summed E-state index contributed by atoms with van der Waals surface area (Å²) in [6, 6.07) is 4.14. The Morgan fingerprint density at radius 3 is 2.50 bits per heavy atom. The van der Waals surface area contributed by atoms with Gasteiger partial charge in [-0.25, -0.2) is 0 Å². The summed E-state index contributed by atoms with van der Waals surface area (Å²) in [5.41, 5.74) is -0.229. The Bertz CT molecular complexity index is 542. The minimum atomic E-state index is -0.568. The van der Waals surface area contributed by atoms with E-state index in [2.05, 4.69) is 0 Å². The van der Waals surface area contributed by atoms with Crippen LogP contribution in [0.1, 0.15) is 32.1 Å². The molecule has 0 unspecified atom stereocenters. The summed E-state index contributed by atoms with van der Waals surface area (Å²) in [5.74, 6) is -0.0686. The number of benzene rings is 1. The number of amides is 1. The molecule has 1 aromatic rings. The van der Waals surface area contributed by atoms with Gasteiger partial charge in [0.2, 0.25) is 0 Å². The number of halogens is 1. The van der Waals surface area contributed by atoms with Gasteiger partial charge in [0.05, 0.1) is 4.92 Å². The van der Waals surface area contributed by atoms with Crippen LogP contribution >= 0.6 is 11.6 Å². The lowest BCUT2D eigenvalue weighted by Crippen LogP contribution is -2.37. The number of carbonyl (C=O) groups is 1. The van der Waals surface area contributed by atoms with E-state index in [9.17, 15) is 14.9 Å². The molecule has 22 heavy (non-hydrogen) atoms. The molecule has 1 saturated heterocycles. The SMILES string of the molecule is O=C(COc1ccc(Cl)cc1[N+](=O)[O-])N1CCCCCCC1. The van der Waals surface area contributed by atoms with Crippen LogP contribution in [-0.2, 0) is 4.79 Å². The van der Waals surface area contributed by atoms with E-state index in [1.165, 1.54) is 24.6 Å². The van der Waals surface area contributed by atoms with Crippen LogP contribution in [-0.4, -0.2) is 35.4 Å². The predicted molar refractivity (Wildman–Crippen MR) is 83.3 cm³/mol. The van der Waals surface area contributed by atoms with Crippen LogP contribution in [0.3, 0.4) is 0 Å². The lowest BCUT2D eigenvalue weighted by atomic mass is 10.1. The van der Waals surface area contributed by atoms with E-state index >= 15 is 0 Å². The maximum atomic E-state index is 12.2. The Balaban J connectivity index is 1.97. The first-order valence-electron chi connectivity index (χ1n) is 7.42. The van der Waals surface area contributed by atoms with Gasteiger partial charge >= 0.3 is 5.69 Å². The fraction of sp³-hybridized carbons (Fsp3) is 0.533. The summed E-state index contributed by atoms with van der Waals surface area (Å²) >= 11 is 5.74. The molecule has 1 aliphatic rings. The fourth-order valence-electron chi connectivity index (χ4n) is 2.48. The molecule has 1 aliphatic heterocycles. The van der Waals surface area contributed by atoms with Gasteiger partial charge < -0.3 is 9.64 Å². The van der Waals surface area contributed by atoms with Gasteiger partial charge in [-0.3, -0.25) is 14.9 Å². The minimum absolute atomic E-state index is 0.0646. The number of hydrogen-bond donors (Lipinski definition) is 0. The van der Waals surface area contributed by atoms with E-state index in [1.54, 1.807) is 4.90 Å². The third-order valence-electron chi connectivity index (χ3n) is 3.68. The second kappa shape index (κ2) is 7.98. The summed E-state index contributed by atoms with van der Waals surface area (Å²) in [6.07, 6.45) is 5.47. The summed E-state index contributed by atoms with van der Waals surface area (Å²) in [7, 11) is 0. The zero-order valence-electron chi connectivity index (χ0n) is 12.3. The summed E-state index contributed by atoms with van der Waals surface area (Å²) in [6.45, 7) is 1.26. The third-order valence-corrected chi connectivity index (χ3v) is 3.91. The number of ether oxygens (including phenoxy) is 1. The van der Waals surface area contributed by atoms with Crippen molar-refractivity contribution in [3.05, 3.63) is 33.3 Å². The van der Waals surface area contributed by atoms with Gasteiger partial charge in [0, 0.05) is 24.2 Å². The van der Waals surface area contributed by atoms with Crippen molar-refractivity contribution in [3.8, 4) is 5.75 Å². The van der Waals surface area contributed by atoms with E-state index in [0.29, 0.717) is 0 Å². The van der Waals surface area contributed by atoms with Gasteiger partial charge in [-0.2, -0.15) is 0 Å². The third kappa shape index (κ3) is 4.59. The molecule has 0 saturated carbocycles. The zero-order valence-corrected chi connectivity index (χ0v) is 13.1. The van der Waals surface area contributed by atoms with E-state index in [1.807, 2.05) is 0 Å². The number of nitro benzene ring substituents is 1. The molecule has 0 atom stereocenters. The number of rotatable bonds is 4. The highest BCUT2D eigenvalue weighted by Crippen LogP contribution is 2.29. The number of likely N-dealkylation sites (tertiary alicyclic amines) is 1. The van der Waals surface area contributed by atoms with Crippen LogP contribution < -0.4 is 4.74 Å². The van der Waals surface area contributed by atoms with E-state index in [-0.39, 0.29) is 29.0 Å². The summed E-state index contributed by atoms with van der Waals surface area (Å²) in [5, 5.41) is 11.2. The van der Waals surface area contributed by atoms with Crippen LogP contribution in [0.15, 0.2) is 18.2 Å². The highest BCUT2D eigenvalue weighted by Gasteiger charge is 2.19. The fourth-order valence-corrected chi connectivity index (χ4v) is 2.65. The maximum Gasteiger partial charge on any atom is 0.312 e. The average Bonchev–Trinajstić information content (AvgIpc) is 2.45. The smallest absolute Gasteiger partial charge is 0.312 e. The van der Waals surface area contributed by atoms with Gasteiger partial charge in [0.15, 0.2) is 12.4 Å². The first kappa shape index (κ1) is 16.5. The van der Waals surface area contributed by atoms with Crippen molar-refractivity contribution in [3.63, 3.8) is 0 Å². The molecule has 0 bridgehead atoms. The molecule has 1 fully saturated rings. The first-order chi connectivity index (χ1) is 10.6. The van der Waals surface area contributed by atoms with E-state index in [0.717, 1.165) is 38.8 Å². The van der Waals surface area contributed by atoms with E-state index in [4.69, 9.17) is 16.3 Å². The lowest BCUT2D eigenvalue weighted by Gasteiger charge is -2.24. The molecule has 1 aromatic carbocycles. The molecule has 0 aromatic heterocycles. The van der Waals surface area contributed by atoms with Crippen LogP contribution in [0.25, 0.3) is 0 Å². The van der Waals surface area contributed by atoms with Crippen molar-refractivity contribution in [2.24, 2.45) is 0 Å². The van der Waals surface area contributed by atoms with Crippen LogP contribution in [0.4, 0.5) is 5.69 Å². The van der Waals surface area contributed by atoms with Crippen molar-refractivity contribution < 1.29 is 14.5 Å². The standard InChI is InChI=1S/C15H19ClN2O4/c16-12-6-7-14(13(10-12)18(20)21)22-11-15(19)17-8-4-2-1-3-5-9-17/h6-7,10H,1-5,8-9,11H2. The zero-order chi connectivity index (χ0) is 15.9. The summed E-state index contributed by atoms with van der Waals surface area (Å²) < 4.78 is 5.35. The molecule has 0 aliphatic carbocycles. The minimum Gasteiger partial charge on any atom is -0.477 e. The van der Waals surface area contributed by atoms with Gasteiger partial charge in [-0.05, 0) is 25.0 Å². The molecular weight excluding hydrogens is 308 g/mol. The molecule has 0 radical (unpaired) electrons. The van der Waals surface area contributed by atoms with Crippen molar-refractivity contribution >= 4 is 23.2 Å².